The summed E-state index contributed by atoms with van der Waals surface area (Å²) >= 11 is 0. The van der Waals surface area contributed by atoms with Crippen molar-refractivity contribution in [1.82, 2.24) is 0 Å². The third-order valence-electron chi connectivity index (χ3n) is 1.54. The highest BCUT2D eigenvalue weighted by molar-refractivity contribution is 7.86. The van der Waals surface area contributed by atoms with Gasteiger partial charge >= 0.3 is 21.0 Å². The topological polar surface area (TPSA) is 95.2 Å². The van der Waals surface area contributed by atoms with Crippen molar-refractivity contribution >= 4 is 20.1 Å². The maximum Gasteiger partial charge on any atom is 0.560 e. The zero-order chi connectivity index (χ0) is 17.1. The summed E-state index contributed by atoms with van der Waals surface area (Å²) in [6.07, 6.45) is 1.64. The van der Waals surface area contributed by atoms with Gasteiger partial charge in [-0.1, -0.05) is 10.0 Å². The molecule has 0 atom stereocenters. The Morgan fingerprint density at radius 3 is 1.33 bits per heavy atom. The Bertz CT molecular complexity index is 664. The standard InChI is InChI=1S/C6H5F3NO2S.CHF3O3S/c7-6(8,9)13(11,12)10-4-2-1-3-5-10;2-1(3,4)8(5,6)7/h1-5H;(H,5,6,7)/q+1;/p-1. The first-order valence-corrected chi connectivity index (χ1v) is 7.26. The minimum atomic E-state index is -6.09. The van der Waals surface area contributed by atoms with Crippen molar-refractivity contribution in [2.24, 2.45) is 0 Å². The second-order valence-electron chi connectivity index (χ2n) is 3.06. The normalized spacial score (nSPS) is 13.3. The average molecular weight is 361 g/mol. The van der Waals surface area contributed by atoms with Crippen LogP contribution in [0, 0.1) is 0 Å². The molecule has 1 rings (SSSR count). The van der Waals surface area contributed by atoms with Crippen molar-refractivity contribution in [1.29, 1.82) is 0 Å². The van der Waals surface area contributed by atoms with Gasteiger partial charge < -0.3 is 4.55 Å². The minimum absolute atomic E-state index is 0.118. The number of hydrogen-bond acceptors (Lipinski definition) is 5. The smallest absolute Gasteiger partial charge is 0.560 e. The predicted octanol–water partition coefficient (Wildman–Crippen LogP) is 0.723. The summed E-state index contributed by atoms with van der Waals surface area (Å²) in [5, 5.41) is 0. The zero-order valence-corrected chi connectivity index (χ0v) is 11.1. The van der Waals surface area contributed by atoms with E-state index in [1.54, 1.807) is 0 Å². The molecule has 1 heterocycles. The van der Waals surface area contributed by atoms with Crippen LogP contribution >= 0.6 is 0 Å². The highest BCUT2D eigenvalue weighted by Crippen LogP contribution is 2.21. The van der Waals surface area contributed by atoms with Crippen LogP contribution in [0.1, 0.15) is 0 Å². The summed E-state index contributed by atoms with van der Waals surface area (Å²) in [6, 6.07) is 3.81. The van der Waals surface area contributed by atoms with E-state index < -0.39 is 31.2 Å². The Balaban J connectivity index is 0.000000433. The molecule has 0 spiro atoms. The van der Waals surface area contributed by atoms with E-state index in [1.165, 1.54) is 18.2 Å². The Hall–Kier alpha value is -1.41. The van der Waals surface area contributed by atoms with Gasteiger partial charge in [0.1, 0.15) is 0 Å². The van der Waals surface area contributed by atoms with Gasteiger partial charge in [-0.05, 0) is 0 Å². The van der Waals surface area contributed by atoms with E-state index in [4.69, 9.17) is 13.0 Å². The van der Waals surface area contributed by atoms with Crippen LogP contribution in [0.5, 0.6) is 0 Å². The number of halogens is 6. The molecule has 0 bridgehead atoms. The SMILES string of the molecule is O=S(=O)([O-])C(F)(F)F.O=S(=O)([n+]1ccccc1)C(F)(F)F. The fourth-order valence-electron chi connectivity index (χ4n) is 0.663. The molecule has 0 saturated carbocycles. The second kappa shape index (κ2) is 6.15. The largest absolute Gasteiger partial charge is 0.741 e. The molecule has 6 nitrogen and oxygen atoms in total. The molecular weight excluding hydrogens is 356 g/mol. The maximum atomic E-state index is 11.9. The van der Waals surface area contributed by atoms with Crippen molar-refractivity contribution in [3.8, 4) is 0 Å². The number of pyridine rings is 1. The highest BCUT2D eigenvalue weighted by Gasteiger charge is 2.53. The Labute approximate surface area is 114 Å². The van der Waals surface area contributed by atoms with Gasteiger partial charge in [0.05, 0.1) is 0 Å². The lowest BCUT2D eigenvalue weighted by molar-refractivity contribution is -0.518. The van der Waals surface area contributed by atoms with Gasteiger partial charge in [0, 0.05) is 12.1 Å². The van der Waals surface area contributed by atoms with Crippen LogP contribution in [0.3, 0.4) is 0 Å². The van der Waals surface area contributed by atoms with Gasteiger partial charge in [0.15, 0.2) is 22.5 Å². The Morgan fingerprint density at radius 1 is 0.762 bits per heavy atom. The van der Waals surface area contributed by atoms with E-state index in [2.05, 4.69) is 0 Å². The lowest BCUT2D eigenvalue weighted by atomic mass is 10.5. The van der Waals surface area contributed by atoms with E-state index in [0.29, 0.717) is 0 Å². The summed E-state index contributed by atoms with van der Waals surface area (Å²) < 4.78 is 116. The van der Waals surface area contributed by atoms with Crippen LogP contribution in [0.25, 0.3) is 0 Å². The fourth-order valence-corrected chi connectivity index (χ4v) is 1.36. The first kappa shape index (κ1) is 19.6. The van der Waals surface area contributed by atoms with Crippen LogP contribution < -0.4 is 3.97 Å². The van der Waals surface area contributed by atoms with Crippen molar-refractivity contribution in [2.75, 3.05) is 0 Å². The van der Waals surface area contributed by atoms with Crippen molar-refractivity contribution in [2.45, 2.75) is 11.0 Å². The quantitative estimate of drug-likeness (QED) is 0.318. The van der Waals surface area contributed by atoms with Crippen molar-refractivity contribution in [3.63, 3.8) is 0 Å². The third-order valence-corrected chi connectivity index (χ3v) is 3.49. The van der Waals surface area contributed by atoms with Crippen LogP contribution in [0.4, 0.5) is 26.3 Å². The molecule has 0 radical (unpaired) electrons. The number of aromatic nitrogens is 1. The maximum absolute atomic E-state index is 11.9. The lowest BCUT2D eigenvalue weighted by Crippen LogP contribution is -2.49. The summed E-state index contributed by atoms with van der Waals surface area (Å²) in [7, 11) is -11.4. The molecule has 0 aromatic carbocycles. The number of rotatable bonds is 1. The minimum Gasteiger partial charge on any atom is -0.741 e. The summed E-state index contributed by atoms with van der Waals surface area (Å²) in [6.45, 7) is 0. The molecule has 0 aliphatic rings. The number of hydrogen-bond donors (Lipinski definition) is 0. The molecule has 1 aromatic rings. The molecule has 0 saturated heterocycles. The molecule has 122 valence electrons. The predicted molar refractivity (Wildman–Crippen MR) is 52.8 cm³/mol. The molecule has 0 amide bonds. The first-order chi connectivity index (χ1) is 9.11. The zero-order valence-electron chi connectivity index (χ0n) is 9.46. The molecule has 21 heavy (non-hydrogen) atoms. The van der Waals surface area contributed by atoms with Gasteiger partial charge in [-0.15, -0.1) is 0 Å². The number of nitrogens with zero attached hydrogens (tertiary/aromatic N) is 1. The third kappa shape index (κ3) is 5.47. The molecule has 0 aliphatic heterocycles. The average Bonchev–Trinajstić information content (AvgIpc) is 2.26. The molecule has 14 heteroatoms. The number of alkyl halides is 6. The van der Waals surface area contributed by atoms with E-state index in [-0.39, 0.29) is 3.97 Å². The molecular formula is C7H5F6NO5S2. The van der Waals surface area contributed by atoms with E-state index in [0.717, 1.165) is 12.4 Å². The molecule has 0 N–H and O–H groups in total. The lowest BCUT2D eigenvalue weighted by Gasteiger charge is -2.08. The van der Waals surface area contributed by atoms with Crippen molar-refractivity contribution in [3.05, 3.63) is 30.6 Å². The van der Waals surface area contributed by atoms with Crippen LogP contribution in [0.2, 0.25) is 0 Å². The van der Waals surface area contributed by atoms with Gasteiger partial charge in [0.2, 0.25) is 0 Å². The van der Waals surface area contributed by atoms with Crippen LogP contribution in [0.15, 0.2) is 30.6 Å². The van der Waals surface area contributed by atoms with Gasteiger partial charge in [-0.3, -0.25) is 0 Å². The van der Waals surface area contributed by atoms with E-state index in [1.807, 2.05) is 0 Å². The van der Waals surface area contributed by atoms with Crippen LogP contribution in [-0.2, 0) is 20.1 Å². The van der Waals surface area contributed by atoms with Crippen LogP contribution in [-0.4, -0.2) is 32.4 Å². The highest BCUT2D eigenvalue weighted by atomic mass is 32.2. The Morgan fingerprint density at radius 2 is 1.10 bits per heavy atom. The Kier molecular flexibility index (Phi) is 5.73. The first-order valence-electron chi connectivity index (χ1n) is 4.41. The second-order valence-corrected chi connectivity index (χ2v) is 6.26. The molecule has 0 unspecified atom stereocenters. The molecule has 0 aliphatic carbocycles. The molecule has 0 fully saturated rings. The van der Waals surface area contributed by atoms with E-state index in [9.17, 15) is 34.8 Å². The van der Waals surface area contributed by atoms with Gasteiger partial charge in [-0.25, -0.2) is 8.42 Å². The van der Waals surface area contributed by atoms with Crippen molar-refractivity contribution < 1.29 is 51.7 Å². The van der Waals surface area contributed by atoms with Gasteiger partial charge in [-0.2, -0.15) is 34.8 Å². The van der Waals surface area contributed by atoms with E-state index >= 15 is 0 Å². The summed E-state index contributed by atoms with van der Waals surface area (Å²) in [5.41, 5.74) is -10.9. The summed E-state index contributed by atoms with van der Waals surface area (Å²) in [5.74, 6) is 0. The monoisotopic (exact) mass is 361 g/mol. The fraction of sp³-hybridized carbons (Fsp3) is 0.286. The summed E-state index contributed by atoms with van der Waals surface area (Å²) in [4.78, 5) is 0. The van der Waals surface area contributed by atoms with Gasteiger partial charge in [0.25, 0.3) is 0 Å². The molecule has 1 aromatic heterocycles.